The Bertz CT molecular complexity index is 1040. The van der Waals surface area contributed by atoms with Crippen LogP contribution < -0.4 is 10.1 Å². The fourth-order valence-corrected chi connectivity index (χ4v) is 6.81. The maximum atomic E-state index is 12.0. The fraction of sp³-hybridized carbons (Fsp3) is 0.484. The smallest absolute Gasteiger partial charge is 0.494 e. The van der Waals surface area contributed by atoms with Crippen molar-refractivity contribution >= 4 is 26.9 Å². The van der Waals surface area contributed by atoms with E-state index in [2.05, 4.69) is 5.32 Å². The minimum atomic E-state index is -2.68. The molecule has 10 heteroatoms. The zero-order valence-electron chi connectivity index (χ0n) is 24.6. The molecule has 0 fully saturated rings. The van der Waals surface area contributed by atoms with Crippen molar-refractivity contribution in [1.29, 1.82) is 0 Å². The van der Waals surface area contributed by atoms with Crippen molar-refractivity contribution in [3.8, 4) is 16.9 Å². The molecule has 0 aromatic heterocycles. The molecule has 0 saturated carbocycles. The average Bonchev–Trinajstić information content (AvgIpc) is 2.96. The lowest BCUT2D eigenvalue weighted by Crippen LogP contribution is -2.46. The van der Waals surface area contributed by atoms with E-state index in [1.54, 1.807) is 6.08 Å². The third kappa shape index (κ3) is 13.8. The van der Waals surface area contributed by atoms with Crippen LogP contribution in [0.5, 0.6) is 5.75 Å². The van der Waals surface area contributed by atoms with Gasteiger partial charge in [0.1, 0.15) is 5.75 Å². The molecule has 0 saturated heterocycles. The summed E-state index contributed by atoms with van der Waals surface area (Å²) >= 11 is 0. The molecule has 0 heterocycles. The van der Waals surface area contributed by atoms with Crippen LogP contribution in [-0.4, -0.2) is 65.6 Å². The number of aliphatic carboxylic acids is 1. The van der Waals surface area contributed by atoms with E-state index in [9.17, 15) is 9.59 Å². The summed E-state index contributed by atoms with van der Waals surface area (Å²) in [4.78, 5) is 22.7. The van der Waals surface area contributed by atoms with Crippen molar-refractivity contribution in [2.75, 3.05) is 39.6 Å². The van der Waals surface area contributed by atoms with Crippen molar-refractivity contribution in [3.05, 3.63) is 60.2 Å². The highest BCUT2D eigenvalue weighted by atomic mass is 28.4. The molecule has 0 bridgehead atoms. The summed E-state index contributed by atoms with van der Waals surface area (Å²) in [6.07, 6.45) is 6.65. The van der Waals surface area contributed by atoms with Crippen molar-refractivity contribution in [1.82, 2.24) is 5.32 Å². The van der Waals surface area contributed by atoms with Gasteiger partial charge in [0.15, 0.2) is 0 Å². The molecular formula is C31H45NO8Si. The van der Waals surface area contributed by atoms with Gasteiger partial charge in [-0.2, -0.15) is 0 Å². The van der Waals surface area contributed by atoms with Gasteiger partial charge in [0, 0.05) is 38.5 Å². The van der Waals surface area contributed by atoms with Gasteiger partial charge in [-0.05, 0) is 93.8 Å². The van der Waals surface area contributed by atoms with Gasteiger partial charge < -0.3 is 33.2 Å². The van der Waals surface area contributed by atoms with Crippen molar-refractivity contribution in [3.63, 3.8) is 0 Å². The molecule has 0 unspecified atom stereocenters. The molecule has 9 nitrogen and oxygen atoms in total. The highest BCUT2D eigenvalue weighted by Crippen LogP contribution is 2.24. The number of carbonyl (C=O) groups is 2. The van der Waals surface area contributed by atoms with E-state index < -0.39 is 20.9 Å². The van der Waals surface area contributed by atoms with Crippen LogP contribution in [-0.2, 0) is 22.8 Å². The SMILES string of the molecule is CCO[Si](CCCNC(=O)OCCCCCCOc1ccc(-c2cccc(C=CC(=O)O)c2)cc1)(OCC)OCC. The lowest BCUT2D eigenvalue weighted by molar-refractivity contribution is -0.131. The van der Waals surface area contributed by atoms with Crippen LogP contribution in [0.4, 0.5) is 4.79 Å². The minimum Gasteiger partial charge on any atom is -0.494 e. The van der Waals surface area contributed by atoms with Gasteiger partial charge in [-0.25, -0.2) is 9.59 Å². The first-order chi connectivity index (χ1) is 19.9. The zero-order valence-corrected chi connectivity index (χ0v) is 25.6. The van der Waals surface area contributed by atoms with Gasteiger partial charge in [-0.1, -0.05) is 30.3 Å². The zero-order chi connectivity index (χ0) is 29.8. The summed E-state index contributed by atoms with van der Waals surface area (Å²) in [5, 5.41) is 11.6. The normalized spacial score (nSPS) is 11.5. The number of ether oxygens (including phenoxy) is 2. The predicted octanol–water partition coefficient (Wildman–Crippen LogP) is 6.56. The van der Waals surface area contributed by atoms with Gasteiger partial charge in [0.25, 0.3) is 0 Å². The van der Waals surface area contributed by atoms with E-state index >= 15 is 0 Å². The topological polar surface area (TPSA) is 113 Å². The Balaban J connectivity index is 1.56. The number of carbonyl (C=O) groups excluding carboxylic acids is 1. The molecular weight excluding hydrogens is 542 g/mol. The molecule has 2 rings (SSSR count). The molecule has 0 atom stereocenters. The van der Waals surface area contributed by atoms with Crippen LogP contribution in [0, 0.1) is 0 Å². The number of hydrogen-bond donors (Lipinski definition) is 2. The van der Waals surface area contributed by atoms with E-state index in [4.69, 9.17) is 27.9 Å². The Morgan fingerprint density at radius 1 is 0.829 bits per heavy atom. The number of unbranched alkanes of at least 4 members (excludes halogenated alkanes) is 3. The molecule has 0 radical (unpaired) electrons. The average molecular weight is 588 g/mol. The van der Waals surface area contributed by atoms with Gasteiger partial charge in [-0.15, -0.1) is 0 Å². The van der Waals surface area contributed by atoms with Crippen LogP contribution >= 0.6 is 0 Å². The van der Waals surface area contributed by atoms with Crippen LogP contribution in [0.1, 0.15) is 58.4 Å². The number of alkyl carbamates (subject to hydrolysis) is 1. The van der Waals surface area contributed by atoms with Crippen molar-refractivity contribution < 1.29 is 37.4 Å². The summed E-state index contributed by atoms with van der Waals surface area (Å²) < 4.78 is 28.6. The number of rotatable bonds is 21. The third-order valence-corrected chi connectivity index (χ3v) is 9.21. The predicted molar refractivity (Wildman–Crippen MR) is 162 cm³/mol. The maximum absolute atomic E-state index is 12.0. The molecule has 0 aliphatic heterocycles. The van der Waals surface area contributed by atoms with E-state index in [1.807, 2.05) is 69.3 Å². The van der Waals surface area contributed by atoms with Crippen LogP contribution in [0.3, 0.4) is 0 Å². The fourth-order valence-electron chi connectivity index (χ4n) is 4.19. The number of amides is 1. The third-order valence-electron chi connectivity index (χ3n) is 6.06. The van der Waals surface area contributed by atoms with Crippen LogP contribution in [0.2, 0.25) is 6.04 Å². The summed E-state index contributed by atoms with van der Waals surface area (Å²) in [7, 11) is -2.68. The number of nitrogens with one attached hydrogen (secondary N) is 1. The van der Waals surface area contributed by atoms with Crippen LogP contribution in [0.15, 0.2) is 54.6 Å². The first-order valence-electron chi connectivity index (χ1n) is 14.5. The van der Waals surface area contributed by atoms with E-state index in [0.717, 1.165) is 54.2 Å². The van der Waals surface area contributed by atoms with Gasteiger partial charge in [0.05, 0.1) is 13.2 Å². The highest BCUT2D eigenvalue weighted by Gasteiger charge is 2.39. The Labute approximate surface area is 245 Å². The van der Waals surface area contributed by atoms with Gasteiger partial charge in [0.2, 0.25) is 0 Å². The molecule has 0 aliphatic rings. The molecule has 0 spiro atoms. The second-order valence-electron chi connectivity index (χ2n) is 9.23. The summed E-state index contributed by atoms with van der Waals surface area (Å²) in [5.74, 6) is -0.165. The van der Waals surface area contributed by atoms with E-state index in [-0.39, 0.29) is 0 Å². The molecule has 2 aromatic carbocycles. The first-order valence-corrected chi connectivity index (χ1v) is 16.4. The lowest BCUT2D eigenvalue weighted by atomic mass is 10.0. The quantitative estimate of drug-likeness (QED) is 0.0960. The number of hydrogen-bond acceptors (Lipinski definition) is 7. The number of benzene rings is 2. The monoisotopic (exact) mass is 587 g/mol. The number of carboxylic acids is 1. The number of carboxylic acid groups (broad SMARTS) is 1. The summed E-state index contributed by atoms with van der Waals surface area (Å²) in [6, 6.07) is 16.2. The van der Waals surface area contributed by atoms with E-state index in [1.165, 1.54) is 0 Å². The molecule has 1 amide bonds. The molecule has 41 heavy (non-hydrogen) atoms. The second-order valence-corrected chi connectivity index (χ2v) is 12.0. The molecule has 2 aromatic rings. The van der Waals surface area contributed by atoms with Crippen LogP contribution in [0.25, 0.3) is 17.2 Å². The maximum Gasteiger partial charge on any atom is 0.500 e. The van der Waals surface area contributed by atoms with Crippen molar-refractivity contribution in [2.45, 2.75) is 58.9 Å². The highest BCUT2D eigenvalue weighted by molar-refractivity contribution is 6.60. The Morgan fingerprint density at radius 2 is 1.49 bits per heavy atom. The Hall–Kier alpha value is -3.18. The lowest BCUT2D eigenvalue weighted by Gasteiger charge is -2.28. The first kappa shape index (κ1) is 34.0. The van der Waals surface area contributed by atoms with Gasteiger partial charge in [-0.3, -0.25) is 0 Å². The molecule has 2 N–H and O–H groups in total. The summed E-state index contributed by atoms with van der Waals surface area (Å²) in [5.41, 5.74) is 2.87. The molecule has 0 aliphatic carbocycles. The van der Waals surface area contributed by atoms with Crippen molar-refractivity contribution in [2.24, 2.45) is 0 Å². The Kier molecular flexibility index (Phi) is 16.4. The Morgan fingerprint density at radius 3 is 2.12 bits per heavy atom. The largest absolute Gasteiger partial charge is 0.500 e. The van der Waals surface area contributed by atoms with E-state index in [0.29, 0.717) is 52.0 Å². The molecule has 226 valence electrons. The summed E-state index contributed by atoms with van der Waals surface area (Å²) in [6.45, 7) is 8.88. The second kappa shape index (κ2) is 19.8. The van der Waals surface area contributed by atoms with Gasteiger partial charge >= 0.3 is 20.9 Å². The standard InChI is InChI=1S/C31H45NO8Si/c1-4-38-41(39-5-2,40-6-3)24-12-21-32-31(35)37-23-10-8-7-9-22-36-29-18-16-27(17-19-29)28-14-11-13-26(25-28)15-20-30(33)34/h11,13-20,25H,4-10,12,21-24H2,1-3H3,(H,32,35)(H,33,34). The minimum absolute atomic E-state index is 0.386.